The van der Waals surface area contributed by atoms with Crippen molar-refractivity contribution in [3.05, 3.63) is 71.4 Å². The summed E-state index contributed by atoms with van der Waals surface area (Å²) in [5.41, 5.74) is 12.9. The first-order chi connectivity index (χ1) is 12.1. The number of hydrogen-bond acceptors (Lipinski definition) is 3. The molecule has 0 aliphatic carbocycles. The lowest BCUT2D eigenvalue weighted by molar-refractivity contribution is 0.306. The number of benzene rings is 2. The van der Waals surface area contributed by atoms with Gasteiger partial charge in [0.05, 0.1) is 11.7 Å². The van der Waals surface area contributed by atoms with E-state index in [2.05, 4.69) is 66.0 Å². The van der Waals surface area contributed by atoms with Gasteiger partial charge in [-0.25, -0.2) is 0 Å². The van der Waals surface area contributed by atoms with Crippen LogP contribution in [0, 0.1) is 0 Å². The van der Waals surface area contributed by atoms with Crippen LogP contribution in [0.25, 0.3) is 11.3 Å². The minimum absolute atomic E-state index is 0.223. The average Bonchev–Trinajstić information content (AvgIpc) is 3.01. The Hall–Kier alpha value is -2.59. The number of rotatable bonds is 3. The van der Waals surface area contributed by atoms with Gasteiger partial charge in [0.2, 0.25) is 0 Å². The third-order valence-corrected chi connectivity index (χ3v) is 5.11. The van der Waals surface area contributed by atoms with Gasteiger partial charge in [-0.15, -0.1) is 0 Å². The number of hydrogen-bond donors (Lipinski definition) is 1. The highest BCUT2D eigenvalue weighted by atomic mass is 15.3. The van der Waals surface area contributed by atoms with Gasteiger partial charge >= 0.3 is 0 Å². The van der Waals surface area contributed by atoms with Crippen LogP contribution in [0.2, 0.25) is 0 Å². The zero-order valence-corrected chi connectivity index (χ0v) is 14.8. The summed E-state index contributed by atoms with van der Waals surface area (Å²) in [6.45, 7) is 4.24. The van der Waals surface area contributed by atoms with E-state index in [1.807, 2.05) is 12.1 Å². The van der Waals surface area contributed by atoms with Gasteiger partial charge in [0.15, 0.2) is 0 Å². The molecule has 3 aromatic rings. The van der Waals surface area contributed by atoms with E-state index in [-0.39, 0.29) is 6.04 Å². The average molecular weight is 332 g/mol. The van der Waals surface area contributed by atoms with Crippen molar-refractivity contribution < 1.29 is 0 Å². The molecule has 4 heteroatoms. The Morgan fingerprint density at radius 1 is 1.04 bits per heavy atom. The smallest absolute Gasteiger partial charge is 0.0971 e. The van der Waals surface area contributed by atoms with Crippen molar-refractivity contribution in [1.29, 1.82) is 0 Å². The van der Waals surface area contributed by atoms with Crippen molar-refractivity contribution in [2.75, 3.05) is 19.3 Å². The van der Waals surface area contributed by atoms with Crippen molar-refractivity contribution in [2.45, 2.75) is 25.9 Å². The lowest BCUT2D eigenvalue weighted by Crippen LogP contribution is -2.28. The molecule has 0 saturated heterocycles. The minimum Gasteiger partial charge on any atom is -0.399 e. The largest absolute Gasteiger partial charge is 0.399 e. The second-order valence-electron chi connectivity index (χ2n) is 6.91. The van der Waals surface area contributed by atoms with Crippen molar-refractivity contribution in [2.24, 2.45) is 0 Å². The maximum atomic E-state index is 5.86. The van der Waals surface area contributed by atoms with Crippen LogP contribution in [0.1, 0.15) is 29.8 Å². The zero-order valence-electron chi connectivity index (χ0n) is 14.8. The molecule has 1 aliphatic rings. The van der Waals surface area contributed by atoms with E-state index >= 15 is 0 Å². The van der Waals surface area contributed by atoms with Crippen molar-refractivity contribution >= 4 is 5.69 Å². The Labute approximate surface area is 148 Å². The predicted molar refractivity (Wildman–Crippen MR) is 102 cm³/mol. The molecule has 0 radical (unpaired) electrons. The minimum atomic E-state index is 0.223. The molecule has 4 nitrogen and oxygen atoms in total. The Morgan fingerprint density at radius 2 is 1.76 bits per heavy atom. The monoisotopic (exact) mass is 332 g/mol. The molecule has 0 fully saturated rings. The first kappa shape index (κ1) is 15.9. The van der Waals surface area contributed by atoms with Gasteiger partial charge in [0.25, 0.3) is 0 Å². The van der Waals surface area contributed by atoms with E-state index < -0.39 is 0 Å². The molecule has 0 spiro atoms. The molecular weight excluding hydrogens is 308 g/mol. The van der Waals surface area contributed by atoms with E-state index in [9.17, 15) is 0 Å². The summed E-state index contributed by atoms with van der Waals surface area (Å²) in [5, 5.41) is 5.05. The summed E-state index contributed by atoms with van der Waals surface area (Å²) in [6, 6.07) is 18.9. The van der Waals surface area contributed by atoms with Gasteiger partial charge in [0, 0.05) is 42.0 Å². The number of aromatic nitrogens is 2. The van der Waals surface area contributed by atoms with Gasteiger partial charge in [-0.3, -0.25) is 4.68 Å². The Balaban J connectivity index is 1.83. The normalized spacial score (nSPS) is 15.8. The summed E-state index contributed by atoms with van der Waals surface area (Å²) in [5.74, 6) is 0. The van der Waals surface area contributed by atoms with Gasteiger partial charge in [-0.2, -0.15) is 5.10 Å². The van der Waals surface area contributed by atoms with Crippen LogP contribution >= 0.6 is 0 Å². The molecule has 4 rings (SSSR count). The van der Waals surface area contributed by atoms with Crippen molar-refractivity contribution in [3.8, 4) is 11.3 Å². The van der Waals surface area contributed by atoms with Gasteiger partial charge in [-0.1, -0.05) is 42.5 Å². The molecular formula is C21H24N4. The molecule has 0 saturated carbocycles. The van der Waals surface area contributed by atoms with E-state index in [1.165, 1.54) is 16.8 Å². The molecule has 1 atom stereocenters. The molecule has 1 unspecified atom stereocenters. The fourth-order valence-electron chi connectivity index (χ4n) is 3.65. The van der Waals surface area contributed by atoms with Gasteiger partial charge in [0.1, 0.15) is 0 Å². The molecule has 128 valence electrons. The second kappa shape index (κ2) is 6.37. The van der Waals surface area contributed by atoms with Gasteiger partial charge in [-0.05, 0) is 31.7 Å². The number of fused-ring (bicyclic) bond motifs is 1. The Kier molecular flexibility index (Phi) is 4.06. The van der Waals surface area contributed by atoms with E-state index in [0.717, 1.165) is 36.5 Å². The fraction of sp³-hybridized carbons (Fsp3) is 0.286. The van der Waals surface area contributed by atoms with E-state index in [0.29, 0.717) is 0 Å². The molecule has 25 heavy (non-hydrogen) atoms. The highest BCUT2D eigenvalue weighted by molar-refractivity contribution is 5.66. The molecule has 2 heterocycles. The fourth-order valence-corrected chi connectivity index (χ4v) is 3.65. The Bertz CT molecular complexity index is 865. The summed E-state index contributed by atoms with van der Waals surface area (Å²) < 4.78 is 2.23. The van der Waals surface area contributed by atoms with Crippen LogP contribution < -0.4 is 5.73 Å². The lowest BCUT2D eigenvalue weighted by atomic mass is 10.0. The number of nitrogen functional groups attached to an aromatic ring is 1. The van der Waals surface area contributed by atoms with Crippen molar-refractivity contribution in [3.63, 3.8) is 0 Å². The number of likely N-dealkylation sites (N-methyl/N-ethyl adjacent to an activating group) is 1. The summed E-state index contributed by atoms with van der Waals surface area (Å²) in [6.07, 6.45) is 1.03. The molecule has 1 aliphatic heterocycles. The second-order valence-corrected chi connectivity index (χ2v) is 6.91. The zero-order chi connectivity index (χ0) is 17.4. The maximum absolute atomic E-state index is 5.86. The molecule has 0 amide bonds. The Morgan fingerprint density at radius 3 is 2.48 bits per heavy atom. The van der Waals surface area contributed by atoms with Crippen LogP contribution in [-0.2, 0) is 13.0 Å². The molecule has 2 N–H and O–H groups in total. The first-order valence-electron chi connectivity index (χ1n) is 8.83. The molecule has 0 bridgehead atoms. The predicted octanol–water partition coefficient (Wildman–Crippen LogP) is 3.73. The molecule has 2 aromatic carbocycles. The van der Waals surface area contributed by atoms with Gasteiger partial charge < -0.3 is 10.6 Å². The van der Waals surface area contributed by atoms with Crippen LogP contribution in [0.5, 0.6) is 0 Å². The summed E-state index contributed by atoms with van der Waals surface area (Å²) in [4.78, 5) is 2.36. The van der Waals surface area contributed by atoms with E-state index in [4.69, 9.17) is 10.8 Å². The third kappa shape index (κ3) is 2.94. The lowest BCUT2D eigenvalue weighted by Gasteiger charge is -2.25. The topological polar surface area (TPSA) is 47.1 Å². The molecule has 1 aromatic heterocycles. The SMILES string of the molecule is CC(c1ccccc1)n1nc(-c2ccc(N)cc2)c2c1CCN(C)C2. The summed E-state index contributed by atoms with van der Waals surface area (Å²) in [7, 11) is 2.17. The van der Waals surface area contributed by atoms with Crippen LogP contribution in [-0.4, -0.2) is 28.3 Å². The maximum Gasteiger partial charge on any atom is 0.0971 e. The van der Waals surface area contributed by atoms with Crippen molar-refractivity contribution in [1.82, 2.24) is 14.7 Å². The highest BCUT2D eigenvalue weighted by Gasteiger charge is 2.26. The van der Waals surface area contributed by atoms with E-state index in [1.54, 1.807) is 0 Å². The van der Waals surface area contributed by atoms with Crippen LogP contribution in [0.4, 0.5) is 5.69 Å². The summed E-state index contributed by atoms with van der Waals surface area (Å²) >= 11 is 0. The third-order valence-electron chi connectivity index (χ3n) is 5.11. The van der Waals surface area contributed by atoms with Crippen LogP contribution in [0.3, 0.4) is 0 Å². The van der Waals surface area contributed by atoms with Crippen LogP contribution in [0.15, 0.2) is 54.6 Å². The number of nitrogens with two attached hydrogens (primary N) is 1. The number of nitrogens with zero attached hydrogens (tertiary/aromatic N) is 3. The quantitative estimate of drug-likeness (QED) is 0.744. The standard InChI is InChI=1S/C21H24N4/c1-15(16-6-4-3-5-7-16)25-20-12-13-24(2)14-19(20)21(23-25)17-8-10-18(22)11-9-17/h3-11,15H,12-14,22H2,1-2H3. The first-order valence-corrected chi connectivity index (χ1v) is 8.83. The number of anilines is 1. The highest BCUT2D eigenvalue weighted by Crippen LogP contribution is 2.33.